The maximum Gasteiger partial charge on any atom is 0.230 e. The second-order valence-electron chi connectivity index (χ2n) is 3.71. The summed E-state index contributed by atoms with van der Waals surface area (Å²) in [6.45, 7) is 6.32. The number of rotatable bonds is 10. The van der Waals surface area contributed by atoms with Crippen LogP contribution in [0.5, 0.6) is 0 Å². The fraction of sp³-hybridized carbons (Fsp3) is 0.727. The van der Waals surface area contributed by atoms with Crippen LogP contribution in [-0.4, -0.2) is 41.6 Å². The van der Waals surface area contributed by atoms with Crippen LogP contribution in [0.2, 0.25) is 0 Å². The number of anilines is 2. The molecule has 0 bridgehead atoms. The van der Waals surface area contributed by atoms with Crippen molar-refractivity contribution in [3.05, 3.63) is 3.83 Å². The van der Waals surface area contributed by atoms with Crippen molar-refractivity contribution in [2.24, 2.45) is 0 Å². The summed E-state index contributed by atoms with van der Waals surface area (Å²) in [6, 6.07) is 0. The van der Waals surface area contributed by atoms with Crippen molar-refractivity contribution in [2.45, 2.75) is 26.7 Å². The van der Waals surface area contributed by atoms with E-state index in [1.54, 1.807) is 0 Å². The zero-order valence-corrected chi connectivity index (χ0v) is 13.4. The van der Waals surface area contributed by atoms with Crippen LogP contribution in [0.1, 0.15) is 26.7 Å². The largest absolute Gasteiger partial charge is 0.361 e. The second-order valence-corrected chi connectivity index (χ2v) is 4.68. The first kappa shape index (κ1) is 16.3. The number of nitrogens with zero attached hydrogens (tertiary/aromatic N) is 3. The fourth-order valence-corrected chi connectivity index (χ4v) is 1.63. The van der Waals surface area contributed by atoms with Gasteiger partial charge in [-0.2, -0.15) is 15.0 Å². The van der Waals surface area contributed by atoms with Gasteiger partial charge in [-0.05, 0) is 12.8 Å². The Hall–Kier alpha value is -0.740. The third-order valence-electron chi connectivity index (χ3n) is 1.97. The molecule has 108 valence electrons. The Kier molecular flexibility index (Phi) is 8.67. The molecule has 0 aromatic carbocycles. The predicted octanol–water partition coefficient (Wildman–Crippen LogP) is 2.07. The van der Waals surface area contributed by atoms with Gasteiger partial charge in [0.25, 0.3) is 0 Å². The molecule has 0 fully saturated rings. The summed E-state index contributed by atoms with van der Waals surface area (Å²) in [5.41, 5.74) is 0. The van der Waals surface area contributed by atoms with E-state index in [-0.39, 0.29) is 0 Å². The molecule has 1 heterocycles. The van der Waals surface area contributed by atoms with Gasteiger partial charge in [-0.15, -0.1) is 0 Å². The van der Waals surface area contributed by atoms with E-state index in [9.17, 15) is 0 Å². The average molecular weight is 381 g/mol. The molecule has 0 radical (unpaired) electrons. The van der Waals surface area contributed by atoms with Crippen LogP contribution < -0.4 is 10.6 Å². The molecule has 8 heteroatoms. The lowest BCUT2D eigenvalue weighted by atomic mass is 10.5. The minimum absolute atomic E-state index is 0.389. The molecule has 0 saturated heterocycles. The summed E-state index contributed by atoms with van der Waals surface area (Å²) in [6.07, 6.45) is 1.97. The SMILES string of the molecule is CCCOCNc1nc(I)nc(NCOCCC)n1. The van der Waals surface area contributed by atoms with Gasteiger partial charge in [0.1, 0.15) is 13.5 Å². The van der Waals surface area contributed by atoms with Crippen LogP contribution >= 0.6 is 22.6 Å². The van der Waals surface area contributed by atoms with Crippen LogP contribution in [-0.2, 0) is 9.47 Å². The van der Waals surface area contributed by atoms with Gasteiger partial charge < -0.3 is 20.1 Å². The summed E-state index contributed by atoms with van der Waals surface area (Å²) in [7, 11) is 0. The van der Waals surface area contributed by atoms with Crippen LogP contribution in [0.15, 0.2) is 0 Å². The van der Waals surface area contributed by atoms with Gasteiger partial charge in [-0.25, -0.2) is 0 Å². The normalized spacial score (nSPS) is 10.5. The van der Waals surface area contributed by atoms with E-state index in [0.29, 0.717) is 42.4 Å². The minimum atomic E-state index is 0.389. The first-order valence-electron chi connectivity index (χ1n) is 6.31. The van der Waals surface area contributed by atoms with E-state index < -0.39 is 0 Å². The highest BCUT2D eigenvalue weighted by molar-refractivity contribution is 14.1. The number of hydrogen-bond acceptors (Lipinski definition) is 7. The van der Waals surface area contributed by atoms with E-state index in [1.165, 1.54) is 0 Å². The maximum absolute atomic E-state index is 5.32. The van der Waals surface area contributed by atoms with Gasteiger partial charge in [0.15, 0.2) is 3.83 Å². The Morgan fingerprint density at radius 2 is 1.37 bits per heavy atom. The Labute approximate surface area is 127 Å². The van der Waals surface area contributed by atoms with Crippen LogP contribution in [0, 0.1) is 3.83 Å². The summed E-state index contributed by atoms with van der Waals surface area (Å²) >= 11 is 2.04. The molecule has 19 heavy (non-hydrogen) atoms. The Balaban J connectivity index is 2.41. The number of halogens is 1. The molecule has 0 atom stereocenters. The van der Waals surface area contributed by atoms with Crippen LogP contribution in [0.25, 0.3) is 0 Å². The first-order chi connectivity index (χ1) is 9.26. The molecular weight excluding hydrogens is 361 g/mol. The number of aromatic nitrogens is 3. The zero-order valence-electron chi connectivity index (χ0n) is 11.3. The molecular formula is C11H20IN5O2. The van der Waals surface area contributed by atoms with Gasteiger partial charge in [0, 0.05) is 35.8 Å². The molecule has 1 aromatic heterocycles. The summed E-state index contributed by atoms with van der Waals surface area (Å²) in [5, 5.41) is 5.98. The lowest BCUT2D eigenvalue weighted by Gasteiger charge is -2.08. The van der Waals surface area contributed by atoms with Gasteiger partial charge in [-0.3, -0.25) is 0 Å². The molecule has 0 aliphatic carbocycles. The Morgan fingerprint density at radius 1 is 0.895 bits per heavy atom. The highest BCUT2D eigenvalue weighted by Crippen LogP contribution is 2.07. The number of hydrogen-bond donors (Lipinski definition) is 2. The van der Waals surface area contributed by atoms with Crippen molar-refractivity contribution in [2.75, 3.05) is 37.3 Å². The monoisotopic (exact) mass is 381 g/mol. The van der Waals surface area contributed by atoms with Crippen LogP contribution in [0.3, 0.4) is 0 Å². The van der Waals surface area contributed by atoms with Gasteiger partial charge >= 0.3 is 0 Å². The molecule has 7 nitrogen and oxygen atoms in total. The number of nitrogens with one attached hydrogen (secondary N) is 2. The molecule has 0 aliphatic heterocycles. The summed E-state index contributed by atoms with van der Waals surface area (Å²) in [5.74, 6) is 0.988. The highest BCUT2D eigenvalue weighted by Gasteiger charge is 2.03. The Bertz CT molecular complexity index is 337. The first-order valence-corrected chi connectivity index (χ1v) is 7.39. The van der Waals surface area contributed by atoms with Crippen molar-refractivity contribution in [3.63, 3.8) is 0 Å². The van der Waals surface area contributed by atoms with Gasteiger partial charge in [-0.1, -0.05) is 13.8 Å². The Morgan fingerprint density at radius 3 is 1.79 bits per heavy atom. The number of ether oxygens (including phenoxy) is 2. The van der Waals surface area contributed by atoms with E-state index in [1.807, 2.05) is 22.6 Å². The van der Waals surface area contributed by atoms with Crippen molar-refractivity contribution in [1.29, 1.82) is 0 Å². The van der Waals surface area contributed by atoms with Gasteiger partial charge in [0.05, 0.1) is 0 Å². The topological polar surface area (TPSA) is 81.2 Å². The van der Waals surface area contributed by atoms with Crippen molar-refractivity contribution >= 4 is 34.5 Å². The predicted molar refractivity (Wildman–Crippen MR) is 82.0 cm³/mol. The lowest BCUT2D eigenvalue weighted by Crippen LogP contribution is -2.14. The molecule has 2 N–H and O–H groups in total. The molecule has 0 unspecified atom stereocenters. The zero-order chi connectivity index (χ0) is 13.9. The van der Waals surface area contributed by atoms with E-state index in [0.717, 1.165) is 12.8 Å². The van der Waals surface area contributed by atoms with Crippen molar-refractivity contribution in [3.8, 4) is 0 Å². The second kappa shape index (κ2) is 10.1. The van der Waals surface area contributed by atoms with Crippen molar-refractivity contribution < 1.29 is 9.47 Å². The molecule has 1 aromatic rings. The highest BCUT2D eigenvalue weighted by atomic mass is 127. The molecule has 0 aliphatic rings. The minimum Gasteiger partial charge on any atom is -0.361 e. The maximum atomic E-state index is 5.32. The standard InChI is InChI=1S/C11H20IN5O2/c1-3-5-18-7-13-10-15-9(12)16-11(17-10)14-8-19-6-4-2/h3-8H2,1-2H3,(H2,13,14,15,16,17). The molecule has 0 amide bonds. The fourth-order valence-electron chi connectivity index (χ4n) is 1.17. The van der Waals surface area contributed by atoms with E-state index in [2.05, 4.69) is 39.4 Å². The molecule has 0 spiro atoms. The lowest BCUT2D eigenvalue weighted by molar-refractivity contribution is 0.152. The van der Waals surface area contributed by atoms with E-state index in [4.69, 9.17) is 9.47 Å². The third kappa shape index (κ3) is 7.43. The van der Waals surface area contributed by atoms with E-state index >= 15 is 0 Å². The quantitative estimate of drug-likeness (QED) is 0.365. The summed E-state index contributed by atoms with van der Waals surface area (Å²) in [4.78, 5) is 12.6. The molecule has 1 rings (SSSR count). The van der Waals surface area contributed by atoms with Crippen LogP contribution in [0.4, 0.5) is 11.9 Å². The summed E-state index contributed by atoms with van der Waals surface area (Å²) < 4.78 is 11.3. The average Bonchev–Trinajstić information content (AvgIpc) is 2.39. The smallest absolute Gasteiger partial charge is 0.230 e. The molecule has 0 saturated carbocycles. The van der Waals surface area contributed by atoms with Gasteiger partial charge in [0.2, 0.25) is 11.9 Å². The third-order valence-corrected chi connectivity index (χ3v) is 2.45. The van der Waals surface area contributed by atoms with Crippen molar-refractivity contribution in [1.82, 2.24) is 15.0 Å².